The molecule has 2 heterocycles. The highest BCUT2D eigenvalue weighted by molar-refractivity contribution is 6.02. The predicted molar refractivity (Wildman–Crippen MR) is 105 cm³/mol. The molecule has 4 rings (SSSR count). The molecule has 2 aliphatic rings. The number of hydrogen-bond donors (Lipinski definition) is 1. The van der Waals surface area contributed by atoms with Crippen LogP contribution in [-0.2, 0) is 16.0 Å². The van der Waals surface area contributed by atoms with Crippen LogP contribution in [0, 0.1) is 11.8 Å². The van der Waals surface area contributed by atoms with Gasteiger partial charge in [-0.3, -0.25) is 14.5 Å². The molecule has 142 valence electrons. The molecular formula is C22H26N2O3. The van der Waals surface area contributed by atoms with Gasteiger partial charge in [-0.1, -0.05) is 29.8 Å². The van der Waals surface area contributed by atoms with Gasteiger partial charge < -0.3 is 9.72 Å². The van der Waals surface area contributed by atoms with E-state index in [-0.39, 0.29) is 29.6 Å². The van der Waals surface area contributed by atoms with Crippen molar-refractivity contribution in [1.29, 1.82) is 0 Å². The van der Waals surface area contributed by atoms with Gasteiger partial charge >= 0.3 is 5.97 Å². The Morgan fingerprint density at radius 2 is 2.11 bits per heavy atom. The van der Waals surface area contributed by atoms with Crippen molar-refractivity contribution in [1.82, 2.24) is 9.88 Å². The fraction of sp³-hybridized carbons (Fsp3) is 0.455. The lowest BCUT2D eigenvalue weighted by Crippen LogP contribution is -2.52. The summed E-state index contributed by atoms with van der Waals surface area (Å²) in [7, 11) is 2.13. The molecule has 0 radical (unpaired) electrons. The van der Waals surface area contributed by atoms with E-state index < -0.39 is 0 Å². The molecule has 1 aromatic heterocycles. The SMILES string of the molecule is C/C=C1/CN(C)[C@H]2Cc3c([nH]c4ccccc34)C(=O)C[C@H]1C2COC(C)=O. The molecule has 3 atom stereocenters. The number of likely N-dealkylation sites (tertiary alicyclic amines) is 1. The van der Waals surface area contributed by atoms with Crippen LogP contribution in [0.4, 0.5) is 0 Å². The average Bonchev–Trinajstić information content (AvgIpc) is 3.00. The number of para-hydroxylation sites is 1. The van der Waals surface area contributed by atoms with Gasteiger partial charge in [0.15, 0.2) is 5.78 Å². The predicted octanol–water partition coefficient (Wildman–Crippen LogP) is 3.35. The fourth-order valence-corrected chi connectivity index (χ4v) is 4.89. The van der Waals surface area contributed by atoms with E-state index in [1.54, 1.807) is 0 Å². The van der Waals surface area contributed by atoms with Crippen LogP contribution in [0.15, 0.2) is 35.9 Å². The van der Waals surface area contributed by atoms with Crippen LogP contribution >= 0.6 is 0 Å². The Balaban J connectivity index is 1.82. The van der Waals surface area contributed by atoms with Gasteiger partial charge in [0.2, 0.25) is 0 Å². The van der Waals surface area contributed by atoms with Gasteiger partial charge in [-0.05, 0) is 37.9 Å². The molecule has 1 fully saturated rings. The quantitative estimate of drug-likeness (QED) is 0.654. The van der Waals surface area contributed by atoms with Gasteiger partial charge in [0.25, 0.3) is 0 Å². The number of Topliss-reactive ketones (excluding diaryl/α,β-unsaturated/α-hetero) is 1. The molecule has 1 unspecified atom stereocenters. The first-order chi connectivity index (χ1) is 13.0. The first-order valence-electron chi connectivity index (χ1n) is 9.61. The van der Waals surface area contributed by atoms with Crippen LogP contribution in [0.2, 0.25) is 0 Å². The second-order valence-corrected chi connectivity index (χ2v) is 7.77. The van der Waals surface area contributed by atoms with Gasteiger partial charge in [0.05, 0.1) is 12.3 Å². The fourth-order valence-electron chi connectivity index (χ4n) is 4.89. The first kappa shape index (κ1) is 18.0. The van der Waals surface area contributed by atoms with E-state index in [9.17, 15) is 9.59 Å². The van der Waals surface area contributed by atoms with Crippen molar-refractivity contribution in [3.05, 3.63) is 47.2 Å². The monoisotopic (exact) mass is 366 g/mol. The number of carbonyl (C=O) groups is 2. The Hall–Kier alpha value is -2.40. The summed E-state index contributed by atoms with van der Waals surface area (Å²) in [6.07, 6.45) is 3.36. The molecule has 1 saturated heterocycles. The number of aromatic amines is 1. The zero-order chi connectivity index (χ0) is 19.1. The van der Waals surface area contributed by atoms with Crippen LogP contribution < -0.4 is 0 Å². The minimum atomic E-state index is -0.265. The Bertz CT molecular complexity index is 927. The summed E-state index contributed by atoms with van der Waals surface area (Å²) in [6.45, 7) is 4.69. The number of esters is 1. The van der Waals surface area contributed by atoms with Crippen molar-refractivity contribution in [2.75, 3.05) is 20.2 Å². The van der Waals surface area contributed by atoms with Crippen LogP contribution in [-0.4, -0.2) is 47.9 Å². The molecular weight excluding hydrogens is 340 g/mol. The standard InChI is InChI=1S/C22H26N2O3/c1-4-14-11-24(3)20-9-17-15-7-5-6-8-19(15)23-22(17)21(26)10-16(14)18(20)12-27-13(2)25/h4-8,16,18,20,23H,9-12H2,1-3H3/b14-4-/t16-,18?,20+/m1/s1. The largest absolute Gasteiger partial charge is 0.465 e. The van der Waals surface area contributed by atoms with E-state index in [0.717, 1.165) is 35.1 Å². The lowest BCUT2D eigenvalue weighted by molar-refractivity contribution is -0.144. The maximum absolute atomic E-state index is 13.2. The van der Waals surface area contributed by atoms with E-state index in [1.165, 1.54) is 12.5 Å². The first-order valence-corrected chi connectivity index (χ1v) is 9.61. The van der Waals surface area contributed by atoms with Crippen molar-refractivity contribution in [2.24, 2.45) is 11.8 Å². The minimum Gasteiger partial charge on any atom is -0.465 e. The highest BCUT2D eigenvalue weighted by atomic mass is 16.5. The highest BCUT2D eigenvalue weighted by Gasteiger charge is 2.43. The summed E-state index contributed by atoms with van der Waals surface area (Å²) >= 11 is 0. The summed E-state index contributed by atoms with van der Waals surface area (Å²) in [5.41, 5.74) is 4.13. The third kappa shape index (κ3) is 3.10. The molecule has 5 nitrogen and oxygen atoms in total. The van der Waals surface area contributed by atoms with Gasteiger partial charge in [0.1, 0.15) is 0 Å². The van der Waals surface area contributed by atoms with Gasteiger partial charge in [-0.15, -0.1) is 0 Å². The molecule has 2 bridgehead atoms. The summed E-state index contributed by atoms with van der Waals surface area (Å²) in [5.74, 6) is 0.118. The minimum absolute atomic E-state index is 0.114. The lowest BCUT2D eigenvalue weighted by Gasteiger charge is -2.46. The molecule has 1 aliphatic heterocycles. The van der Waals surface area contributed by atoms with E-state index in [1.807, 2.05) is 25.1 Å². The van der Waals surface area contributed by atoms with E-state index >= 15 is 0 Å². The maximum Gasteiger partial charge on any atom is 0.302 e. The van der Waals surface area contributed by atoms with Gasteiger partial charge in [-0.2, -0.15) is 0 Å². The van der Waals surface area contributed by atoms with E-state index in [2.05, 4.69) is 29.1 Å². The topological polar surface area (TPSA) is 62.4 Å². The molecule has 0 amide bonds. The van der Waals surface area contributed by atoms with E-state index in [4.69, 9.17) is 4.74 Å². The zero-order valence-corrected chi connectivity index (χ0v) is 16.1. The Morgan fingerprint density at radius 1 is 1.33 bits per heavy atom. The molecule has 27 heavy (non-hydrogen) atoms. The van der Waals surface area contributed by atoms with Crippen molar-refractivity contribution in [2.45, 2.75) is 32.7 Å². The van der Waals surface area contributed by atoms with Crippen molar-refractivity contribution < 1.29 is 14.3 Å². The van der Waals surface area contributed by atoms with Gasteiger partial charge in [-0.25, -0.2) is 0 Å². The smallest absolute Gasteiger partial charge is 0.302 e. The molecule has 1 N–H and O–H groups in total. The van der Waals surface area contributed by atoms with Crippen LogP contribution in [0.1, 0.15) is 36.3 Å². The lowest BCUT2D eigenvalue weighted by atomic mass is 9.70. The van der Waals surface area contributed by atoms with Crippen LogP contribution in [0.25, 0.3) is 10.9 Å². The number of likely N-dealkylation sites (N-methyl/N-ethyl adjacent to an activating group) is 1. The van der Waals surface area contributed by atoms with E-state index in [0.29, 0.717) is 13.0 Å². The Labute approximate surface area is 159 Å². The van der Waals surface area contributed by atoms with Crippen molar-refractivity contribution in [3.8, 4) is 0 Å². The molecule has 1 aromatic carbocycles. The summed E-state index contributed by atoms with van der Waals surface area (Å²) in [5, 5.41) is 1.12. The molecule has 0 spiro atoms. The number of piperidine rings is 1. The number of ketones is 1. The highest BCUT2D eigenvalue weighted by Crippen LogP contribution is 2.41. The number of carbonyl (C=O) groups excluding carboxylic acids is 2. The van der Waals surface area contributed by atoms with Crippen molar-refractivity contribution >= 4 is 22.7 Å². The van der Waals surface area contributed by atoms with Gasteiger partial charge in [0, 0.05) is 42.8 Å². The number of aromatic nitrogens is 1. The second-order valence-electron chi connectivity index (χ2n) is 7.77. The molecule has 5 heteroatoms. The summed E-state index contributed by atoms with van der Waals surface area (Å²) in [4.78, 5) is 30.4. The van der Waals surface area contributed by atoms with Crippen molar-refractivity contribution in [3.63, 3.8) is 0 Å². The van der Waals surface area contributed by atoms with Crippen LogP contribution in [0.5, 0.6) is 0 Å². The number of benzene rings is 1. The third-order valence-corrected chi connectivity index (χ3v) is 6.25. The average molecular weight is 366 g/mol. The third-order valence-electron chi connectivity index (χ3n) is 6.25. The summed E-state index contributed by atoms with van der Waals surface area (Å²) in [6, 6.07) is 8.34. The number of hydrogen-bond acceptors (Lipinski definition) is 4. The zero-order valence-electron chi connectivity index (χ0n) is 16.1. The summed E-state index contributed by atoms with van der Waals surface area (Å²) < 4.78 is 5.44. The molecule has 1 aliphatic carbocycles. The number of ether oxygens (including phenoxy) is 1. The number of nitrogens with zero attached hydrogens (tertiary/aromatic N) is 1. The number of H-pyrrole nitrogens is 1. The molecule has 0 saturated carbocycles. The Kier molecular flexibility index (Phi) is 4.64. The normalized spacial score (nSPS) is 27.3. The maximum atomic E-state index is 13.2. The second kappa shape index (κ2) is 6.97. The Morgan fingerprint density at radius 3 is 2.85 bits per heavy atom. The number of allylic oxidation sites excluding steroid dienone is 1. The molecule has 2 aromatic rings. The van der Waals surface area contributed by atoms with Crippen LogP contribution in [0.3, 0.4) is 0 Å². The number of rotatable bonds is 2. The number of fused-ring (bicyclic) bond motifs is 5. The number of nitrogens with one attached hydrogen (secondary N) is 1.